The predicted molar refractivity (Wildman–Crippen MR) is 80.0 cm³/mol. The van der Waals surface area contributed by atoms with Crippen LogP contribution < -0.4 is 4.74 Å². The number of hydrogen-bond donors (Lipinski definition) is 1. The second-order valence-electron chi connectivity index (χ2n) is 4.25. The molecule has 0 spiro atoms. The summed E-state index contributed by atoms with van der Waals surface area (Å²) in [4.78, 5) is 3.09. The molecule has 3 nitrogen and oxygen atoms in total. The Balaban J connectivity index is 2.31. The highest BCUT2D eigenvalue weighted by Crippen LogP contribution is 2.26. The summed E-state index contributed by atoms with van der Waals surface area (Å²) in [6.07, 6.45) is 0. The van der Waals surface area contributed by atoms with E-state index in [1.807, 2.05) is 6.07 Å². The van der Waals surface area contributed by atoms with E-state index in [2.05, 4.69) is 4.98 Å². The van der Waals surface area contributed by atoms with E-state index in [0.29, 0.717) is 15.5 Å². The molecule has 102 valence electrons. The molecule has 2 aromatic carbocycles. The van der Waals surface area contributed by atoms with Crippen molar-refractivity contribution in [3.05, 3.63) is 52.0 Å². The maximum atomic E-state index is 13.5. The van der Waals surface area contributed by atoms with Gasteiger partial charge >= 0.3 is 0 Å². The summed E-state index contributed by atoms with van der Waals surface area (Å²) in [6.45, 7) is 0. The molecule has 1 N–H and O–H groups in total. The molecule has 0 atom stereocenters. The highest BCUT2D eigenvalue weighted by atomic mass is 35.5. The lowest BCUT2D eigenvalue weighted by Crippen LogP contribution is -1.96. The molecule has 0 unspecified atom stereocenters. The van der Waals surface area contributed by atoms with Gasteiger partial charge in [0.2, 0.25) is 0 Å². The Bertz CT molecular complexity index is 856. The van der Waals surface area contributed by atoms with Gasteiger partial charge in [-0.25, -0.2) is 4.39 Å². The zero-order valence-electron chi connectivity index (χ0n) is 10.5. The quantitative estimate of drug-likeness (QED) is 0.707. The van der Waals surface area contributed by atoms with Crippen LogP contribution in [0, 0.1) is 10.6 Å². The lowest BCUT2D eigenvalue weighted by molar-refractivity contribution is 0.386. The van der Waals surface area contributed by atoms with Gasteiger partial charge in [-0.3, -0.25) is 4.57 Å². The molecule has 3 rings (SSSR count). The van der Waals surface area contributed by atoms with Gasteiger partial charge in [0.1, 0.15) is 0 Å². The number of hydrogen-bond acceptors (Lipinski definition) is 2. The highest BCUT2D eigenvalue weighted by Gasteiger charge is 2.10. The van der Waals surface area contributed by atoms with Crippen LogP contribution in [0.5, 0.6) is 5.75 Å². The number of methoxy groups -OCH3 is 1. The lowest BCUT2D eigenvalue weighted by atomic mass is 10.2. The number of H-pyrrole nitrogens is 1. The van der Waals surface area contributed by atoms with Crippen LogP contribution in [0.4, 0.5) is 4.39 Å². The van der Waals surface area contributed by atoms with E-state index in [0.717, 1.165) is 11.0 Å². The van der Waals surface area contributed by atoms with Crippen LogP contribution >= 0.6 is 23.8 Å². The number of imidazole rings is 1. The normalized spacial score (nSPS) is 10.9. The highest BCUT2D eigenvalue weighted by molar-refractivity contribution is 7.71. The van der Waals surface area contributed by atoms with E-state index in [1.54, 1.807) is 28.8 Å². The smallest absolute Gasteiger partial charge is 0.182 e. The first-order valence-electron chi connectivity index (χ1n) is 5.84. The molecule has 0 amide bonds. The fourth-order valence-corrected chi connectivity index (χ4v) is 2.60. The van der Waals surface area contributed by atoms with Crippen molar-refractivity contribution in [1.29, 1.82) is 0 Å². The summed E-state index contributed by atoms with van der Waals surface area (Å²) in [5.74, 6) is -0.249. The summed E-state index contributed by atoms with van der Waals surface area (Å²) >= 11 is 11.3. The van der Waals surface area contributed by atoms with Gasteiger partial charge in [-0.2, -0.15) is 0 Å². The Labute approximate surface area is 124 Å². The van der Waals surface area contributed by atoms with Crippen molar-refractivity contribution in [3.63, 3.8) is 0 Å². The average molecular weight is 309 g/mol. The maximum absolute atomic E-state index is 13.5. The van der Waals surface area contributed by atoms with Crippen molar-refractivity contribution in [2.24, 2.45) is 0 Å². The fourth-order valence-electron chi connectivity index (χ4n) is 2.12. The number of halogens is 2. The largest absolute Gasteiger partial charge is 0.494 e. The minimum absolute atomic E-state index is 0.167. The molecule has 20 heavy (non-hydrogen) atoms. The molecule has 0 aliphatic rings. The number of nitrogens with zero attached hydrogens (tertiary/aromatic N) is 1. The van der Waals surface area contributed by atoms with Crippen molar-refractivity contribution in [2.45, 2.75) is 0 Å². The first-order valence-corrected chi connectivity index (χ1v) is 6.63. The third-order valence-corrected chi connectivity index (χ3v) is 3.56. The maximum Gasteiger partial charge on any atom is 0.182 e. The zero-order chi connectivity index (χ0) is 14.3. The molecule has 0 saturated carbocycles. The van der Waals surface area contributed by atoms with Crippen LogP contribution in [0.3, 0.4) is 0 Å². The Morgan fingerprint density at radius 2 is 2.05 bits per heavy atom. The Hall–Kier alpha value is -1.85. The van der Waals surface area contributed by atoms with Crippen LogP contribution in [-0.2, 0) is 0 Å². The first kappa shape index (κ1) is 13.1. The van der Waals surface area contributed by atoms with Crippen molar-refractivity contribution < 1.29 is 9.13 Å². The van der Waals surface area contributed by atoms with Crippen molar-refractivity contribution in [3.8, 4) is 11.4 Å². The lowest BCUT2D eigenvalue weighted by Gasteiger charge is -2.08. The molecule has 0 aliphatic carbocycles. The summed E-state index contributed by atoms with van der Waals surface area (Å²) in [5, 5.41) is 0.606. The zero-order valence-corrected chi connectivity index (χ0v) is 12.1. The molecule has 0 fully saturated rings. The van der Waals surface area contributed by atoms with Gasteiger partial charge in [0.15, 0.2) is 16.3 Å². The van der Waals surface area contributed by atoms with Gasteiger partial charge in [0, 0.05) is 11.1 Å². The first-order chi connectivity index (χ1) is 9.60. The van der Waals surface area contributed by atoms with Crippen LogP contribution in [-0.4, -0.2) is 16.7 Å². The summed E-state index contributed by atoms with van der Waals surface area (Å²) in [5.41, 5.74) is 2.40. The topological polar surface area (TPSA) is 29.9 Å². The monoisotopic (exact) mass is 308 g/mol. The number of aromatic amines is 1. The molecule has 0 radical (unpaired) electrons. The molecular formula is C14H10ClFN2OS. The van der Waals surface area contributed by atoms with Gasteiger partial charge in [-0.1, -0.05) is 11.6 Å². The Morgan fingerprint density at radius 3 is 2.80 bits per heavy atom. The number of ether oxygens (including phenoxy) is 1. The Kier molecular flexibility index (Phi) is 3.23. The number of rotatable bonds is 2. The average Bonchev–Trinajstić information content (AvgIpc) is 2.75. The Morgan fingerprint density at radius 1 is 1.25 bits per heavy atom. The summed E-state index contributed by atoms with van der Waals surface area (Å²) in [7, 11) is 1.42. The third kappa shape index (κ3) is 2.09. The molecule has 6 heteroatoms. The summed E-state index contributed by atoms with van der Waals surface area (Å²) in [6, 6.07) is 10.0. The van der Waals surface area contributed by atoms with E-state index < -0.39 is 5.82 Å². The van der Waals surface area contributed by atoms with E-state index in [-0.39, 0.29) is 5.75 Å². The number of nitrogens with one attached hydrogen (secondary N) is 1. The van der Waals surface area contributed by atoms with Crippen molar-refractivity contribution >= 4 is 34.9 Å². The standard InChI is InChI=1S/C14H10ClFN2OS/c1-19-13-7-9(3-4-10(13)16)18-12-6-8(15)2-5-11(12)17-14(18)20/h2-7H,1H3,(H,17,20). The van der Waals surface area contributed by atoms with E-state index in [9.17, 15) is 4.39 Å². The van der Waals surface area contributed by atoms with Gasteiger partial charge in [0.05, 0.1) is 23.8 Å². The fraction of sp³-hybridized carbons (Fsp3) is 0.0714. The van der Waals surface area contributed by atoms with Crippen LogP contribution in [0.15, 0.2) is 36.4 Å². The van der Waals surface area contributed by atoms with E-state index in [4.69, 9.17) is 28.6 Å². The number of fused-ring (bicyclic) bond motifs is 1. The number of aromatic nitrogens is 2. The minimum Gasteiger partial charge on any atom is -0.494 e. The molecule has 0 saturated heterocycles. The van der Waals surface area contributed by atoms with Crippen molar-refractivity contribution in [2.75, 3.05) is 7.11 Å². The molecular weight excluding hydrogens is 299 g/mol. The summed E-state index contributed by atoms with van der Waals surface area (Å²) < 4.78 is 20.8. The molecule has 0 bridgehead atoms. The van der Waals surface area contributed by atoms with Gasteiger partial charge in [-0.15, -0.1) is 0 Å². The van der Waals surface area contributed by atoms with Crippen LogP contribution in [0.2, 0.25) is 5.02 Å². The molecule has 0 aliphatic heterocycles. The van der Waals surface area contributed by atoms with Gasteiger partial charge in [0.25, 0.3) is 0 Å². The third-order valence-electron chi connectivity index (χ3n) is 3.04. The molecule has 3 aromatic rings. The number of benzene rings is 2. The van der Waals surface area contributed by atoms with Gasteiger partial charge in [-0.05, 0) is 42.5 Å². The van der Waals surface area contributed by atoms with Crippen LogP contribution in [0.1, 0.15) is 0 Å². The SMILES string of the molecule is COc1cc(-n2c(=S)[nH]c3ccc(Cl)cc32)ccc1F. The molecule has 1 heterocycles. The second kappa shape index (κ2) is 4.92. The van der Waals surface area contributed by atoms with Crippen molar-refractivity contribution in [1.82, 2.24) is 9.55 Å². The minimum atomic E-state index is -0.416. The van der Waals surface area contributed by atoms with Crippen LogP contribution in [0.25, 0.3) is 16.7 Å². The van der Waals surface area contributed by atoms with Gasteiger partial charge < -0.3 is 9.72 Å². The van der Waals surface area contributed by atoms with E-state index in [1.165, 1.54) is 13.2 Å². The van der Waals surface area contributed by atoms with E-state index >= 15 is 0 Å². The predicted octanol–water partition coefficient (Wildman–Crippen LogP) is 4.49. The molecule has 1 aromatic heterocycles. The second-order valence-corrected chi connectivity index (χ2v) is 5.07.